The Balaban J connectivity index is 2.69. The second-order valence-electron chi connectivity index (χ2n) is 5.53. The van der Waals surface area contributed by atoms with Gasteiger partial charge in [0.05, 0.1) is 5.41 Å². The maximum Gasteiger partial charge on any atom is 0.311 e. The van der Waals surface area contributed by atoms with Crippen LogP contribution in [0, 0.1) is 11.3 Å². The molecule has 1 fully saturated rings. The number of likely N-dealkylation sites (tertiary alicyclic amines) is 1. The Labute approximate surface area is 109 Å². The molecule has 0 aromatic heterocycles. The Morgan fingerprint density at radius 1 is 1.33 bits per heavy atom. The lowest BCUT2D eigenvalue weighted by atomic mass is 9.83. The molecule has 1 aliphatic rings. The van der Waals surface area contributed by atoms with Gasteiger partial charge in [-0.1, -0.05) is 33.6 Å². The summed E-state index contributed by atoms with van der Waals surface area (Å²) in [4.78, 5) is 25.4. The van der Waals surface area contributed by atoms with Crippen molar-refractivity contribution in [1.29, 1.82) is 0 Å². The van der Waals surface area contributed by atoms with E-state index in [1.807, 2.05) is 13.8 Å². The van der Waals surface area contributed by atoms with Crippen LogP contribution in [-0.4, -0.2) is 35.0 Å². The molecule has 0 aromatic rings. The number of carbonyl (C=O) groups is 2. The largest absolute Gasteiger partial charge is 0.481 e. The van der Waals surface area contributed by atoms with Crippen LogP contribution < -0.4 is 0 Å². The molecule has 18 heavy (non-hydrogen) atoms. The standard InChI is InChI=1S/C14H25NO3/c1-4-6-11(3)12(16)15-9-8-14(10-15,7-5-2)13(17)18/h11H,4-10H2,1-3H3,(H,17,18). The number of carboxylic acids is 1. The van der Waals surface area contributed by atoms with E-state index in [0.717, 1.165) is 19.3 Å². The van der Waals surface area contributed by atoms with Crippen molar-refractivity contribution in [3.05, 3.63) is 0 Å². The summed E-state index contributed by atoms with van der Waals surface area (Å²) in [5.41, 5.74) is -0.698. The maximum absolute atomic E-state index is 12.2. The van der Waals surface area contributed by atoms with E-state index in [0.29, 0.717) is 25.9 Å². The molecule has 0 spiro atoms. The van der Waals surface area contributed by atoms with Gasteiger partial charge in [0.1, 0.15) is 0 Å². The SMILES string of the molecule is CCCC(C)C(=O)N1CCC(CCC)(C(=O)O)C1. The minimum absolute atomic E-state index is 0.0150. The number of rotatable bonds is 6. The molecule has 1 rings (SSSR count). The molecule has 0 aliphatic carbocycles. The fraction of sp³-hybridized carbons (Fsp3) is 0.857. The summed E-state index contributed by atoms with van der Waals surface area (Å²) in [5, 5.41) is 9.40. The van der Waals surface area contributed by atoms with E-state index in [9.17, 15) is 14.7 Å². The van der Waals surface area contributed by atoms with Gasteiger partial charge in [0.2, 0.25) is 5.91 Å². The maximum atomic E-state index is 12.2. The lowest BCUT2D eigenvalue weighted by Crippen LogP contribution is -2.38. The van der Waals surface area contributed by atoms with Crippen molar-refractivity contribution >= 4 is 11.9 Å². The Bertz CT molecular complexity index is 316. The normalized spacial score (nSPS) is 25.2. The van der Waals surface area contributed by atoms with Crippen LogP contribution in [0.5, 0.6) is 0 Å². The topological polar surface area (TPSA) is 57.6 Å². The zero-order valence-electron chi connectivity index (χ0n) is 11.7. The monoisotopic (exact) mass is 255 g/mol. The average Bonchev–Trinajstić information content (AvgIpc) is 2.74. The number of aliphatic carboxylic acids is 1. The Kier molecular flexibility index (Phi) is 5.17. The minimum atomic E-state index is -0.747. The van der Waals surface area contributed by atoms with Crippen molar-refractivity contribution < 1.29 is 14.7 Å². The van der Waals surface area contributed by atoms with E-state index in [2.05, 4.69) is 6.92 Å². The molecule has 0 bridgehead atoms. The molecule has 2 atom stereocenters. The highest BCUT2D eigenvalue weighted by atomic mass is 16.4. The van der Waals surface area contributed by atoms with Crippen molar-refractivity contribution in [1.82, 2.24) is 4.90 Å². The first-order valence-electron chi connectivity index (χ1n) is 6.99. The Morgan fingerprint density at radius 2 is 2.00 bits per heavy atom. The average molecular weight is 255 g/mol. The predicted molar refractivity (Wildman–Crippen MR) is 70.2 cm³/mol. The zero-order valence-corrected chi connectivity index (χ0v) is 11.7. The fourth-order valence-corrected chi connectivity index (χ4v) is 2.89. The van der Waals surface area contributed by atoms with Crippen LogP contribution in [0.3, 0.4) is 0 Å². The summed E-state index contributed by atoms with van der Waals surface area (Å²) in [6.07, 6.45) is 3.97. The van der Waals surface area contributed by atoms with Gasteiger partial charge in [-0.05, 0) is 19.3 Å². The molecule has 1 heterocycles. The van der Waals surface area contributed by atoms with Crippen molar-refractivity contribution in [2.24, 2.45) is 11.3 Å². The molecule has 1 N–H and O–H groups in total. The molecule has 0 saturated carbocycles. The van der Waals surface area contributed by atoms with Crippen molar-refractivity contribution in [3.8, 4) is 0 Å². The van der Waals surface area contributed by atoms with E-state index in [4.69, 9.17) is 0 Å². The van der Waals surface area contributed by atoms with Crippen molar-refractivity contribution in [2.45, 2.75) is 52.9 Å². The van der Waals surface area contributed by atoms with Crippen LogP contribution >= 0.6 is 0 Å². The van der Waals surface area contributed by atoms with Gasteiger partial charge in [0, 0.05) is 19.0 Å². The van der Waals surface area contributed by atoms with E-state index < -0.39 is 11.4 Å². The molecule has 4 nitrogen and oxygen atoms in total. The van der Waals surface area contributed by atoms with Gasteiger partial charge in [-0.15, -0.1) is 0 Å². The van der Waals surface area contributed by atoms with E-state index in [1.54, 1.807) is 4.90 Å². The van der Waals surface area contributed by atoms with Crippen LogP contribution in [0.15, 0.2) is 0 Å². The fourth-order valence-electron chi connectivity index (χ4n) is 2.89. The summed E-state index contributed by atoms with van der Waals surface area (Å²) in [7, 11) is 0. The van der Waals surface area contributed by atoms with Crippen LogP contribution in [0.2, 0.25) is 0 Å². The van der Waals surface area contributed by atoms with Gasteiger partial charge in [0.15, 0.2) is 0 Å². The smallest absolute Gasteiger partial charge is 0.311 e. The van der Waals surface area contributed by atoms with Gasteiger partial charge in [-0.3, -0.25) is 9.59 Å². The number of hydrogen-bond donors (Lipinski definition) is 1. The number of amides is 1. The Hall–Kier alpha value is -1.06. The number of carbonyl (C=O) groups excluding carboxylic acids is 1. The zero-order chi connectivity index (χ0) is 13.8. The molecule has 1 amide bonds. The lowest BCUT2D eigenvalue weighted by molar-refractivity contribution is -0.149. The van der Waals surface area contributed by atoms with Gasteiger partial charge < -0.3 is 10.0 Å². The van der Waals surface area contributed by atoms with Crippen LogP contribution in [0.1, 0.15) is 52.9 Å². The summed E-state index contributed by atoms with van der Waals surface area (Å²) >= 11 is 0. The summed E-state index contributed by atoms with van der Waals surface area (Å²) in [6, 6.07) is 0. The predicted octanol–water partition coefficient (Wildman–Crippen LogP) is 2.53. The molecule has 1 saturated heterocycles. The highest BCUT2D eigenvalue weighted by molar-refractivity contribution is 5.82. The van der Waals surface area contributed by atoms with Gasteiger partial charge in [-0.25, -0.2) is 0 Å². The van der Waals surface area contributed by atoms with E-state index >= 15 is 0 Å². The summed E-state index contributed by atoms with van der Waals surface area (Å²) in [5.74, 6) is -0.611. The molecule has 104 valence electrons. The summed E-state index contributed by atoms with van der Waals surface area (Å²) < 4.78 is 0. The molecule has 1 aliphatic heterocycles. The van der Waals surface area contributed by atoms with Crippen LogP contribution in [0.4, 0.5) is 0 Å². The second kappa shape index (κ2) is 6.21. The molecule has 0 radical (unpaired) electrons. The van der Waals surface area contributed by atoms with Crippen LogP contribution in [-0.2, 0) is 9.59 Å². The third kappa shape index (κ3) is 3.03. The third-order valence-electron chi connectivity index (χ3n) is 3.99. The molecule has 2 unspecified atom stereocenters. The van der Waals surface area contributed by atoms with Gasteiger partial charge in [0.25, 0.3) is 0 Å². The Morgan fingerprint density at radius 3 is 2.50 bits per heavy atom. The number of hydrogen-bond acceptors (Lipinski definition) is 2. The first-order chi connectivity index (χ1) is 8.46. The highest BCUT2D eigenvalue weighted by Crippen LogP contribution is 2.36. The third-order valence-corrected chi connectivity index (χ3v) is 3.99. The summed E-state index contributed by atoms with van der Waals surface area (Å²) in [6.45, 7) is 6.98. The van der Waals surface area contributed by atoms with Gasteiger partial charge in [-0.2, -0.15) is 0 Å². The quantitative estimate of drug-likeness (QED) is 0.793. The molecule has 0 aromatic carbocycles. The molecular weight excluding hydrogens is 230 g/mol. The van der Waals surface area contributed by atoms with Crippen molar-refractivity contribution in [3.63, 3.8) is 0 Å². The molecular formula is C14H25NO3. The second-order valence-corrected chi connectivity index (χ2v) is 5.53. The lowest BCUT2D eigenvalue weighted by Gasteiger charge is -2.25. The first-order valence-corrected chi connectivity index (χ1v) is 6.99. The number of carboxylic acid groups (broad SMARTS) is 1. The highest BCUT2D eigenvalue weighted by Gasteiger charge is 2.45. The van der Waals surface area contributed by atoms with Crippen LogP contribution in [0.25, 0.3) is 0 Å². The first kappa shape index (κ1) is 15.0. The number of nitrogens with zero attached hydrogens (tertiary/aromatic N) is 1. The van der Waals surface area contributed by atoms with E-state index in [-0.39, 0.29) is 11.8 Å². The van der Waals surface area contributed by atoms with E-state index in [1.165, 1.54) is 0 Å². The van der Waals surface area contributed by atoms with Crippen molar-refractivity contribution in [2.75, 3.05) is 13.1 Å². The minimum Gasteiger partial charge on any atom is -0.481 e. The van der Waals surface area contributed by atoms with Gasteiger partial charge >= 0.3 is 5.97 Å². The molecule has 4 heteroatoms.